The average molecular weight is 1070 g/mol. The van der Waals surface area contributed by atoms with E-state index < -0.39 is 72.9 Å². The fourth-order valence-electron chi connectivity index (χ4n) is 6.72. The Labute approximate surface area is 414 Å². The van der Waals surface area contributed by atoms with Crippen LogP contribution in [0.25, 0.3) is 11.2 Å². The molecule has 4 aromatic rings. The van der Waals surface area contributed by atoms with E-state index in [1.165, 1.54) is 47.5 Å². The molecule has 1 aliphatic heterocycles. The maximum absolute atomic E-state index is 13.2. The van der Waals surface area contributed by atoms with Crippen LogP contribution in [0.2, 0.25) is 0 Å². The van der Waals surface area contributed by atoms with E-state index in [9.17, 15) is 54.0 Å². The molecule has 8 N–H and O–H groups in total. The van der Waals surface area contributed by atoms with E-state index in [1.54, 1.807) is 26.8 Å². The van der Waals surface area contributed by atoms with Gasteiger partial charge < -0.3 is 61.2 Å². The Morgan fingerprint density at radius 2 is 1.19 bits per heavy atom. The number of carbonyl (C=O) groups is 6. The zero-order valence-corrected chi connectivity index (χ0v) is 38.1. The molecule has 2 aromatic carbocycles. The third-order valence-corrected chi connectivity index (χ3v) is 10.1. The van der Waals surface area contributed by atoms with Gasteiger partial charge in [-0.2, -0.15) is 4.98 Å². The summed E-state index contributed by atoms with van der Waals surface area (Å²) in [5.41, 5.74) is 7.21. The molecule has 26 heteroatoms. The minimum Gasteiger partial charge on any atom is -0.549 e. The van der Waals surface area contributed by atoms with E-state index in [-0.39, 0.29) is 141 Å². The molecule has 1 unspecified atom stereocenters. The summed E-state index contributed by atoms with van der Waals surface area (Å²) in [6, 6.07) is 12.4. The van der Waals surface area contributed by atoms with E-state index in [4.69, 9.17) is 15.9 Å². The number of carbonyl (C=O) groups excluding carboxylic acids is 5. The summed E-state index contributed by atoms with van der Waals surface area (Å²) < 4.78 is 5.42. The molecule has 5 rings (SSSR count). The second kappa shape index (κ2) is 26.2. The van der Waals surface area contributed by atoms with Gasteiger partial charge in [0.05, 0.1) is 42.9 Å². The Balaban J connectivity index is 0.00000980. The molecule has 67 heavy (non-hydrogen) atoms. The summed E-state index contributed by atoms with van der Waals surface area (Å²) >= 11 is 0. The van der Waals surface area contributed by atoms with Crippen LogP contribution in [0.5, 0.6) is 0 Å². The smallest absolute Gasteiger partial charge is 0.549 e. The van der Waals surface area contributed by atoms with Crippen LogP contribution in [0.3, 0.4) is 0 Å². The first-order chi connectivity index (χ1) is 31.5. The molecule has 357 valence electrons. The summed E-state index contributed by atoms with van der Waals surface area (Å²) in [7, 11) is 0. The predicted molar refractivity (Wildman–Crippen MR) is 229 cm³/mol. The summed E-state index contributed by atoms with van der Waals surface area (Å²) in [5.74, 6) is -6.85. The number of aromatic nitrogens is 4. The second-order valence-electron chi connectivity index (χ2n) is 15.1. The molecule has 1 saturated heterocycles. The summed E-state index contributed by atoms with van der Waals surface area (Å²) in [5, 5.41) is 60.8. The number of ether oxygens (including phenoxy) is 1. The maximum Gasteiger partial charge on any atom is 3.00 e. The van der Waals surface area contributed by atoms with E-state index in [1.807, 2.05) is 0 Å². The Morgan fingerprint density at radius 1 is 0.731 bits per heavy atom. The minimum absolute atomic E-state index is 0. The summed E-state index contributed by atoms with van der Waals surface area (Å²) in [6.07, 6.45) is -0.606. The third kappa shape index (κ3) is 18.1. The zero-order valence-electron chi connectivity index (χ0n) is 35.9. The molecule has 1 radical (unpaired) electrons. The van der Waals surface area contributed by atoms with Crippen molar-refractivity contribution in [1.82, 2.24) is 39.5 Å². The van der Waals surface area contributed by atoms with Gasteiger partial charge in [-0.05, 0) is 48.5 Å². The van der Waals surface area contributed by atoms with Crippen molar-refractivity contribution in [2.24, 2.45) is 0 Å². The number of nitrogens with one attached hydrogen (secondary N) is 5. The maximum atomic E-state index is 13.2. The van der Waals surface area contributed by atoms with Crippen LogP contribution in [0.1, 0.15) is 24.1 Å². The molecular formula is C41H48GdN13O12. The summed E-state index contributed by atoms with van der Waals surface area (Å²) in [4.78, 5) is 105. The topological polar surface area (TPSA) is 372 Å². The molecule has 3 heterocycles. The van der Waals surface area contributed by atoms with Gasteiger partial charge >= 0.3 is 45.9 Å². The monoisotopic (exact) mass is 1070 g/mol. The van der Waals surface area contributed by atoms with E-state index in [2.05, 4.69) is 35.9 Å². The van der Waals surface area contributed by atoms with Crippen LogP contribution in [-0.2, 0) is 40.0 Å². The van der Waals surface area contributed by atoms with Crippen molar-refractivity contribution < 1.29 is 93.9 Å². The number of nitrogen functional groups attached to an aromatic ring is 1. The molecule has 0 bridgehead atoms. The number of amides is 2. The number of carboxylic acids is 4. The normalized spacial score (nSPS) is 14.9. The van der Waals surface area contributed by atoms with Crippen LogP contribution in [0.4, 0.5) is 23.0 Å². The van der Waals surface area contributed by atoms with Crippen LogP contribution in [0, 0.1) is 45.3 Å². The number of aromatic amines is 1. The van der Waals surface area contributed by atoms with Gasteiger partial charge in [0, 0.05) is 107 Å². The molecular weight excluding hydrogens is 1020 g/mol. The number of carboxylic acid groups (broad SMARTS) is 4. The first-order valence-corrected chi connectivity index (χ1v) is 20.5. The average Bonchev–Trinajstić information content (AvgIpc) is 3.25. The fourth-order valence-corrected chi connectivity index (χ4v) is 6.72. The van der Waals surface area contributed by atoms with Crippen molar-refractivity contribution in [1.29, 1.82) is 5.41 Å². The summed E-state index contributed by atoms with van der Waals surface area (Å²) in [6.45, 7) is 0.162. The van der Waals surface area contributed by atoms with Gasteiger partial charge in [0.2, 0.25) is 23.7 Å². The van der Waals surface area contributed by atoms with Gasteiger partial charge in [-0.1, -0.05) is 0 Å². The standard InChI is InChI=1S/C41H51N13O12.Gd/c42-37(25-1-3-26(4-2-25)44-19-29-20-45-38-36(48-29)39(63)50-41(43)49-38)66-30(40(64)65)9-10-31(55)46-27-5-7-28(8-6-27)47-32(56)21-51-11-13-52(22-33(57)58)15-17-54(24-35(61)62)18-16-53(14-12-51)23-34(59)60;/h1-8,20,30,42,44H,9-19,21-24H2,(H,46,55)(H,47,56)(H,57,58)(H,59,60)(H,61,62)(H,64,65)(H3,43,45,49,50,63);/q;+3/p-3/i;1-4. The van der Waals surface area contributed by atoms with Crippen LogP contribution >= 0.6 is 0 Å². The van der Waals surface area contributed by atoms with E-state index in [0.717, 1.165) is 0 Å². The molecule has 25 nitrogen and oxygen atoms in total. The van der Waals surface area contributed by atoms with Crippen molar-refractivity contribution in [2.45, 2.75) is 25.5 Å². The SMILES string of the molecule is N=C(OC(CCC(=O)Nc1ccc(NC(=O)CN2CCN(CC(=O)[O-])CCN(CC(=O)[O-])CCN(CC(=O)[O-])CC2)cc1)C(=O)O)c1ccc(NCc2cnc3nc(N)[nH]c(=O)c3n2)cc1.[153Gd+3]. The van der Waals surface area contributed by atoms with Crippen LogP contribution in [-0.4, -0.2) is 171 Å². The van der Waals surface area contributed by atoms with Crippen molar-refractivity contribution in [3.63, 3.8) is 0 Å². The van der Waals surface area contributed by atoms with Crippen molar-refractivity contribution in [3.8, 4) is 0 Å². The number of H-pyrrole nitrogens is 1. The van der Waals surface area contributed by atoms with Crippen molar-refractivity contribution in [2.75, 3.05) is 100 Å². The van der Waals surface area contributed by atoms with Crippen LogP contribution < -0.4 is 42.6 Å². The number of nitrogens with zero attached hydrogens (tertiary/aromatic N) is 7. The molecule has 2 amide bonds. The van der Waals surface area contributed by atoms with Gasteiger partial charge in [-0.15, -0.1) is 0 Å². The number of hydrogen-bond donors (Lipinski definition) is 7. The number of benzene rings is 2. The number of fused-ring (bicyclic) bond motifs is 1. The van der Waals surface area contributed by atoms with Gasteiger partial charge in [0.1, 0.15) is 0 Å². The fraction of sp³-hybridized carbons (Fsp3) is 0.390. The number of aliphatic carboxylic acids is 4. The van der Waals surface area contributed by atoms with Crippen LogP contribution in [0.15, 0.2) is 59.5 Å². The van der Waals surface area contributed by atoms with E-state index in [0.29, 0.717) is 22.8 Å². The Bertz CT molecular complexity index is 2410. The Morgan fingerprint density at radius 3 is 1.67 bits per heavy atom. The first-order valence-electron chi connectivity index (χ1n) is 20.5. The number of nitrogens with two attached hydrogens (primary N) is 1. The Kier molecular flexibility index (Phi) is 20.8. The van der Waals surface area contributed by atoms with Gasteiger partial charge in [0.15, 0.2) is 17.3 Å². The molecule has 0 aliphatic carbocycles. The molecule has 0 spiro atoms. The quantitative estimate of drug-likeness (QED) is 0.0344. The number of rotatable bonds is 19. The Hall–Kier alpha value is -6.29. The third-order valence-electron chi connectivity index (χ3n) is 10.1. The molecule has 0 saturated carbocycles. The molecule has 1 atom stereocenters. The molecule has 1 fully saturated rings. The van der Waals surface area contributed by atoms with E-state index >= 15 is 0 Å². The molecule has 1 aliphatic rings. The minimum atomic E-state index is -1.52. The van der Waals surface area contributed by atoms with Crippen molar-refractivity contribution >= 4 is 75.8 Å². The first kappa shape index (κ1) is 53.3. The molecule has 2 aromatic heterocycles. The van der Waals surface area contributed by atoms with Gasteiger partial charge in [-0.25, -0.2) is 14.8 Å². The van der Waals surface area contributed by atoms with Gasteiger partial charge in [-0.3, -0.25) is 44.4 Å². The predicted octanol–water partition coefficient (Wildman–Crippen LogP) is -4.47. The van der Waals surface area contributed by atoms with Gasteiger partial charge in [0.25, 0.3) is 5.56 Å². The number of hydrogen-bond acceptors (Lipinski definition) is 21. The zero-order chi connectivity index (χ0) is 47.8. The van der Waals surface area contributed by atoms with Crippen molar-refractivity contribution in [3.05, 3.63) is 76.3 Å². The number of anilines is 4. The second-order valence-corrected chi connectivity index (χ2v) is 15.1. The largest absolute Gasteiger partial charge is 3.00 e.